The maximum Gasteiger partial charge on any atom is 0.191 e. The predicted octanol–water partition coefficient (Wildman–Crippen LogP) is 4.18. The van der Waals surface area contributed by atoms with Gasteiger partial charge in [-0.2, -0.15) is 0 Å². The SMILES string of the molecule is CCNC(=NCc1ncc(C)s1)NCC1(c2ccccc2C)CCOCC1.I. The number of guanidine groups is 1. The second kappa shape index (κ2) is 11.1. The number of hydrogen-bond acceptors (Lipinski definition) is 4. The van der Waals surface area contributed by atoms with Gasteiger partial charge in [-0.3, -0.25) is 0 Å². The molecule has 0 bridgehead atoms. The number of thiazole rings is 1. The molecule has 1 fully saturated rings. The Morgan fingerprint density at radius 2 is 1.96 bits per heavy atom. The third-order valence-electron chi connectivity index (χ3n) is 5.15. The summed E-state index contributed by atoms with van der Waals surface area (Å²) in [6.45, 7) is 10.3. The fourth-order valence-electron chi connectivity index (χ4n) is 3.69. The first-order valence-corrected chi connectivity index (χ1v) is 10.5. The second-order valence-electron chi connectivity index (χ2n) is 7.12. The smallest absolute Gasteiger partial charge is 0.191 e. The number of rotatable bonds is 6. The number of ether oxygens (including phenoxy) is 1. The lowest BCUT2D eigenvalue weighted by molar-refractivity contribution is 0.0512. The molecule has 5 nitrogen and oxygen atoms in total. The van der Waals surface area contributed by atoms with Crippen molar-refractivity contribution in [1.29, 1.82) is 0 Å². The molecule has 1 aromatic carbocycles. The quantitative estimate of drug-likeness (QED) is 0.345. The molecule has 2 N–H and O–H groups in total. The number of aliphatic imine (C=N–C) groups is 1. The zero-order valence-corrected chi connectivity index (χ0v) is 20.1. The summed E-state index contributed by atoms with van der Waals surface area (Å²) >= 11 is 1.70. The molecule has 28 heavy (non-hydrogen) atoms. The van der Waals surface area contributed by atoms with Gasteiger partial charge in [-0.25, -0.2) is 9.98 Å². The van der Waals surface area contributed by atoms with E-state index >= 15 is 0 Å². The van der Waals surface area contributed by atoms with E-state index in [2.05, 4.69) is 60.7 Å². The highest BCUT2D eigenvalue weighted by atomic mass is 127. The van der Waals surface area contributed by atoms with E-state index in [1.54, 1.807) is 11.3 Å². The lowest BCUT2D eigenvalue weighted by Gasteiger charge is -2.39. The maximum absolute atomic E-state index is 5.67. The first-order valence-electron chi connectivity index (χ1n) is 9.70. The Balaban J connectivity index is 0.00000280. The lowest BCUT2D eigenvalue weighted by Crippen LogP contribution is -2.48. The topological polar surface area (TPSA) is 58.5 Å². The average molecular weight is 514 g/mol. The number of benzene rings is 1. The number of nitrogens with zero attached hydrogens (tertiary/aromatic N) is 2. The predicted molar refractivity (Wildman–Crippen MR) is 128 cm³/mol. The van der Waals surface area contributed by atoms with Crippen LogP contribution < -0.4 is 10.6 Å². The van der Waals surface area contributed by atoms with E-state index in [0.29, 0.717) is 6.54 Å². The Morgan fingerprint density at radius 3 is 2.61 bits per heavy atom. The molecule has 0 aliphatic carbocycles. The molecule has 0 radical (unpaired) electrons. The minimum Gasteiger partial charge on any atom is -0.381 e. The Labute approximate surface area is 189 Å². The first-order chi connectivity index (χ1) is 13.1. The summed E-state index contributed by atoms with van der Waals surface area (Å²) in [6.07, 6.45) is 3.96. The number of hydrogen-bond donors (Lipinski definition) is 2. The molecule has 0 spiro atoms. The molecule has 0 atom stereocenters. The van der Waals surface area contributed by atoms with E-state index in [0.717, 1.165) is 50.1 Å². The lowest BCUT2D eigenvalue weighted by atomic mass is 9.72. The van der Waals surface area contributed by atoms with Gasteiger partial charge in [-0.15, -0.1) is 35.3 Å². The van der Waals surface area contributed by atoms with E-state index < -0.39 is 0 Å². The van der Waals surface area contributed by atoms with Crippen LogP contribution in [0.15, 0.2) is 35.5 Å². The van der Waals surface area contributed by atoms with Gasteiger partial charge in [0.1, 0.15) is 5.01 Å². The Bertz CT molecular complexity index is 771. The van der Waals surface area contributed by atoms with Gasteiger partial charge in [0.05, 0.1) is 6.54 Å². The van der Waals surface area contributed by atoms with Crippen LogP contribution in [0, 0.1) is 13.8 Å². The molecular weight excluding hydrogens is 483 g/mol. The molecule has 7 heteroatoms. The van der Waals surface area contributed by atoms with Crippen molar-refractivity contribution >= 4 is 41.3 Å². The van der Waals surface area contributed by atoms with Crippen LogP contribution in [0.3, 0.4) is 0 Å². The largest absolute Gasteiger partial charge is 0.381 e. The Morgan fingerprint density at radius 1 is 1.21 bits per heavy atom. The average Bonchev–Trinajstić information content (AvgIpc) is 3.10. The zero-order chi connectivity index (χ0) is 19.1. The summed E-state index contributed by atoms with van der Waals surface area (Å²) in [5.41, 5.74) is 2.85. The van der Waals surface area contributed by atoms with Crippen LogP contribution in [0.25, 0.3) is 0 Å². The van der Waals surface area contributed by atoms with Gasteiger partial charge < -0.3 is 15.4 Å². The van der Waals surface area contributed by atoms with Gasteiger partial charge >= 0.3 is 0 Å². The van der Waals surface area contributed by atoms with Crippen molar-refractivity contribution in [2.45, 2.75) is 45.6 Å². The van der Waals surface area contributed by atoms with Crippen molar-refractivity contribution in [2.24, 2.45) is 4.99 Å². The van der Waals surface area contributed by atoms with Gasteiger partial charge in [0.15, 0.2) is 5.96 Å². The molecule has 0 saturated carbocycles. The van der Waals surface area contributed by atoms with Crippen molar-refractivity contribution < 1.29 is 4.74 Å². The van der Waals surface area contributed by atoms with Crippen molar-refractivity contribution in [2.75, 3.05) is 26.3 Å². The maximum atomic E-state index is 5.67. The van der Waals surface area contributed by atoms with Gasteiger partial charge in [0.25, 0.3) is 0 Å². The second-order valence-corrected chi connectivity index (χ2v) is 8.44. The summed E-state index contributed by atoms with van der Waals surface area (Å²) in [4.78, 5) is 10.4. The van der Waals surface area contributed by atoms with E-state index in [9.17, 15) is 0 Å². The molecule has 3 rings (SSSR count). The third-order valence-corrected chi connectivity index (χ3v) is 6.04. The van der Waals surface area contributed by atoms with Crippen LogP contribution in [0.1, 0.15) is 40.8 Å². The summed E-state index contributed by atoms with van der Waals surface area (Å²) in [5, 5.41) is 8.01. The molecule has 0 amide bonds. The van der Waals surface area contributed by atoms with Crippen LogP contribution in [-0.4, -0.2) is 37.2 Å². The number of nitrogens with one attached hydrogen (secondary N) is 2. The normalized spacial score (nSPS) is 16.3. The van der Waals surface area contributed by atoms with Crippen molar-refractivity contribution in [3.8, 4) is 0 Å². The van der Waals surface area contributed by atoms with E-state index in [1.807, 2.05) is 6.20 Å². The highest BCUT2D eigenvalue weighted by Gasteiger charge is 2.35. The number of aromatic nitrogens is 1. The van der Waals surface area contributed by atoms with Crippen molar-refractivity contribution in [3.05, 3.63) is 51.5 Å². The highest BCUT2D eigenvalue weighted by Crippen LogP contribution is 2.36. The minimum atomic E-state index is 0. The van der Waals surface area contributed by atoms with Crippen LogP contribution in [0.5, 0.6) is 0 Å². The monoisotopic (exact) mass is 514 g/mol. The molecule has 1 saturated heterocycles. The van der Waals surface area contributed by atoms with Crippen LogP contribution in [0.2, 0.25) is 0 Å². The van der Waals surface area contributed by atoms with E-state index in [1.165, 1.54) is 16.0 Å². The fraction of sp³-hybridized carbons (Fsp3) is 0.524. The van der Waals surface area contributed by atoms with Crippen LogP contribution in [-0.2, 0) is 16.7 Å². The molecule has 154 valence electrons. The number of halogens is 1. The molecule has 2 heterocycles. The summed E-state index contributed by atoms with van der Waals surface area (Å²) in [7, 11) is 0. The zero-order valence-electron chi connectivity index (χ0n) is 17.0. The Kier molecular flexibility index (Phi) is 9.17. The van der Waals surface area contributed by atoms with E-state index in [4.69, 9.17) is 9.73 Å². The minimum absolute atomic E-state index is 0. The molecule has 2 aromatic rings. The molecule has 1 aliphatic rings. The van der Waals surface area contributed by atoms with E-state index in [-0.39, 0.29) is 29.4 Å². The number of aryl methyl sites for hydroxylation is 2. The first kappa shape index (κ1) is 23.1. The summed E-state index contributed by atoms with van der Waals surface area (Å²) < 4.78 is 5.67. The molecule has 1 aliphatic heterocycles. The molecule has 0 unspecified atom stereocenters. The molecule has 1 aromatic heterocycles. The van der Waals surface area contributed by atoms with Crippen LogP contribution >= 0.6 is 35.3 Å². The highest BCUT2D eigenvalue weighted by molar-refractivity contribution is 14.0. The van der Waals surface area contributed by atoms with Crippen molar-refractivity contribution in [3.63, 3.8) is 0 Å². The molecular formula is C21H31IN4OS. The third kappa shape index (κ3) is 5.90. The summed E-state index contributed by atoms with van der Waals surface area (Å²) in [6, 6.07) is 8.73. The van der Waals surface area contributed by atoms with Gasteiger partial charge in [0, 0.05) is 42.8 Å². The van der Waals surface area contributed by atoms with Gasteiger partial charge in [0.2, 0.25) is 0 Å². The summed E-state index contributed by atoms with van der Waals surface area (Å²) in [5.74, 6) is 0.852. The van der Waals surface area contributed by atoms with Gasteiger partial charge in [-0.1, -0.05) is 24.3 Å². The Hall–Kier alpha value is -1.19. The van der Waals surface area contributed by atoms with Gasteiger partial charge in [-0.05, 0) is 44.7 Å². The standard InChI is InChI=1S/C21H30N4OS.HI/c1-4-22-20(24-14-19-23-13-17(3)27-19)25-15-21(9-11-26-12-10-21)18-8-6-5-7-16(18)2;/h5-8,13H,4,9-12,14-15H2,1-3H3,(H2,22,24,25);1H. The fourth-order valence-corrected chi connectivity index (χ4v) is 4.40. The van der Waals surface area contributed by atoms with Crippen molar-refractivity contribution in [1.82, 2.24) is 15.6 Å². The van der Waals surface area contributed by atoms with Crippen LogP contribution in [0.4, 0.5) is 0 Å².